The van der Waals surface area contributed by atoms with E-state index in [0.717, 1.165) is 7.14 Å². The lowest BCUT2D eigenvalue weighted by Gasteiger charge is -2.12. The zero-order valence-corrected chi connectivity index (χ0v) is 22.0. The maximum atomic E-state index is 13.8. The van der Waals surface area contributed by atoms with Crippen LogP contribution in [0.15, 0.2) is 60.2 Å². The van der Waals surface area contributed by atoms with Gasteiger partial charge in [-0.25, -0.2) is 4.39 Å². The van der Waals surface area contributed by atoms with Crippen LogP contribution in [0.25, 0.3) is 6.08 Å². The van der Waals surface area contributed by atoms with Crippen LogP contribution in [-0.2, 0) is 11.4 Å². The minimum atomic E-state index is -0.610. The SMILES string of the molecule is N#C/C(=C/c1cc(I)c(OCc2ccccc2F)c(I)c1)C(=O)Nc1cccc(Cl)c1Cl. The van der Waals surface area contributed by atoms with Crippen LogP contribution in [0, 0.1) is 24.3 Å². The van der Waals surface area contributed by atoms with E-state index in [2.05, 4.69) is 50.5 Å². The smallest absolute Gasteiger partial charge is 0.266 e. The maximum Gasteiger partial charge on any atom is 0.266 e. The summed E-state index contributed by atoms with van der Waals surface area (Å²) in [4.78, 5) is 12.6. The number of ether oxygens (including phenoxy) is 1. The van der Waals surface area contributed by atoms with Crippen molar-refractivity contribution in [2.24, 2.45) is 0 Å². The number of nitrogens with zero attached hydrogens (tertiary/aromatic N) is 1. The number of hydrogen-bond acceptors (Lipinski definition) is 3. The first kappa shape index (κ1) is 24.8. The number of rotatable bonds is 6. The number of anilines is 1. The summed E-state index contributed by atoms with van der Waals surface area (Å²) in [6.07, 6.45) is 1.47. The molecule has 0 fully saturated rings. The van der Waals surface area contributed by atoms with Crippen molar-refractivity contribution >= 4 is 86.1 Å². The monoisotopic (exact) mass is 692 g/mol. The first-order valence-corrected chi connectivity index (χ1v) is 11.9. The second-order valence-corrected chi connectivity index (χ2v) is 9.53. The van der Waals surface area contributed by atoms with Crippen LogP contribution >= 0.6 is 68.4 Å². The summed E-state index contributed by atoms with van der Waals surface area (Å²) in [5, 5.41) is 12.6. The third-order valence-electron chi connectivity index (χ3n) is 4.23. The van der Waals surface area contributed by atoms with Crippen LogP contribution in [0.2, 0.25) is 10.0 Å². The molecule has 0 unspecified atom stereocenters. The fourth-order valence-electron chi connectivity index (χ4n) is 2.67. The molecule has 32 heavy (non-hydrogen) atoms. The van der Waals surface area contributed by atoms with E-state index in [1.165, 1.54) is 12.1 Å². The van der Waals surface area contributed by atoms with Crippen molar-refractivity contribution < 1.29 is 13.9 Å². The molecule has 9 heteroatoms. The number of amides is 1. The second-order valence-electron chi connectivity index (χ2n) is 6.42. The Balaban J connectivity index is 1.80. The Hall–Kier alpha value is -1.87. The van der Waals surface area contributed by atoms with Crippen LogP contribution in [0.1, 0.15) is 11.1 Å². The minimum Gasteiger partial charge on any atom is -0.487 e. The Bertz CT molecular complexity index is 1240. The third-order valence-corrected chi connectivity index (χ3v) is 6.65. The Morgan fingerprint density at radius 1 is 1.12 bits per heavy atom. The van der Waals surface area contributed by atoms with Crippen molar-refractivity contribution in [3.63, 3.8) is 0 Å². The van der Waals surface area contributed by atoms with Crippen LogP contribution in [-0.4, -0.2) is 5.91 Å². The van der Waals surface area contributed by atoms with Gasteiger partial charge in [-0.3, -0.25) is 4.79 Å². The lowest BCUT2D eigenvalue weighted by Crippen LogP contribution is -2.13. The maximum absolute atomic E-state index is 13.8. The minimum absolute atomic E-state index is 0.0834. The lowest BCUT2D eigenvalue weighted by atomic mass is 10.1. The fraction of sp³-hybridized carbons (Fsp3) is 0.0435. The highest BCUT2D eigenvalue weighted by Gasteiger charge is 2.15. The normalized spacial score (nSPS) is 11.1. The summed E-state index contributed by atoms with van der Waals surface area (Å²) in [5.41, 5.74) is 1.30. The summed E-state index contributed by atoms with van der Waals surface area (Å²) in [6, 6.07) is 16.7. The van der Waals surface area contributed by atoms with Gasteiger partial charge in [0.15, 0.2) is 0 Å². The molecule has 1 amide bonds. The molecular formula is C23H13Cl2FI2N2O2. The van der Waals surface area contributed by atoms with E-state index in [-0.39, 0.29) is 23.0 Å². The number of halogens is 5. The zero-order valence-electron chi connectivity index (χ0n) is 16.1. The topological polar surface area (TPSA) is 62.1 Å². The molecule has 0 saturated carbocycles. The van der Waals surface area contributed by atoms with Crippen molar-refractivity contribution in [2.45, 2.75) is 6.61 Å². The van der Waals surface area contributed by atoms with Gasteiger partial charge in [0.2, 0.25) is 0 Å². The average Bonchev–Trinajstić information content (AvgIpc) is 2.75. The first-order chi connectivity index (χ1) is 15.3. The van der Waals surface area contributed by atoms with Crippen molar-refractivity contribution in [1.29, 1.82) is 5.26 Å². The quantitative estimate of drug-likeness (QED) is 0.166. The van der Waals surface area contributed by atoms with Gasteiger partial charge in [0.05, 0.1) is 22.9 Å². The van der Waals surface area contributed by atoms with E-state index in [9.17, 15) is 14.4 Å². The van der Waals surface area contributed by atoms with E-state index in [1.54, 1.807) is 48.5 Å². The molecule has 3 rings (SSSR count). The van der Waals surface area contributed by atoms with E-state index >= 15 is 0 Å². The molecule has 3 aromatic rings. The molecule has 0 aliphatic heterocycles. The van der Waals surface area contributed by atoms with E-state index in [0.29, 0.717) is 27.6 Å². The molecule has 0 aliphatic rings. The zero-order chi connectivity index (χ0) is 23.3. The van der Waals surface area contributed by atoms with Crippen LogP contribution in [0.3, 0.4) is 0 Å². The van der Waals surface area contributed by atoms with E-state index < -0.39 is 5.91 Å². The molecule has 0 radical (unpaired) electrons. The van der Waals surface area contributed by atoms with E-state index in [4.69, 9.17) is 27.9 Å². The Morgan fingerprint density at radius 3 is 2.47 bits per heavy atom. The molecule has 0 aromatic heterocycles. The van der Waals surface area contributed by atoms with Gasteiger partial charge < -0.3 is 10.1 Å². The number of carbonyl (C=O) groups is 1. The highest BCUT2D eigenvalue weighted by molar-refractivity contribution is 14.1. The average molecular weight is 693 g/mol. The first-order valence-electron chi connectivity index (χ1n) is 9.02. The van der Waals surface area contributed by atoms with Gasteiger partial charge >= 0.3 is 0 Å². The molecule has 3 aromatic carbocycles. The number of nitriles is 1. The fourth-order valence-corrected chi connectivity index (χ4v) is 5.15. The van der Waals surface area contributed by atoms with Crippen molar-refractivity contribution in [2.75, 3.05) is 5.32 Å². The summed E-state index contributed by atoms with van der Waals surface area (Å²) in [5.74, 6) is -0.344. The standard InChI is InChI=1S/C23H13Cl2FI2N2O2/c24-16-5-3-7-20(21(16)25)30-23(31)15(11-29)8-13-9-18(27)22(19(28)10-13)32-12-14-4-1-2-6-17(14)26/h1-10H,12H2,(H,30,31)/b15-8-. The second kappa shape index (κ2) is 11.3. The molecule has 0 spiro atoms. The number of benzene rings is 3. The molecule has 0 atom stereocenters. The summed E-state index contributed by atoms with van der Waals surface area (Å²) in [7, 11) is 0. The molecule has 162 valence electrons. The predicted octanol–water partition coefficient (Wildman–Crippen LogP) is 7.47. The molecule has 0 bridgehead atoms. The Kier molecular flexibility index (Phi) is 8.76. The number of hydrogen-bond donors (Lipinski definition) is 1. The number of nitrogens with one attached hydrogen (secondary N) is 1. The number of carbonyl (C=O) groups excluding carboxylic acids is 1. The van der Waals surface area contributed by atoms with Crippen molar-refractivity contribution in [3.8, 4) is 11.8 Å². The lowest BCUT2D eigenvalue weighted by molar-refractivity contribution is -0.112. The van der Waals surface area contributed by atoms with Gasteiger partial charge in [-0.05, 0) is 87.2 Å². The van der Waals surface area contributed by atoms with Crippen LogP contribution < -0.4 is 10.1 Å². The molecule has 0 aliphatic carbocycles. The van der Waals surface area contributed by atoms with Gasteiger partial charge in [0.25, 0.3) is 5.91 Å². The van der Waals surface area contributed by atoms with Crippen molar-refractivity contribution in [3.05, 3.63) is 94.3 Å². The predicted molar refractivity (Wildman–Crippen MR) is 141 cm³/mol. The van der Waals surface area contributed by atoms with Gasteiger partial charge in [-0.1, -0.05) is 47.5 Å². The summed E-state index contributed by atoms with van der Waals surface area (Å²) < 4.78 is 21.2. The van der Waals surface area contributed by atoms with Crippen LogP contribution in [0.5, 0.6) is 5.75 Å². The molecule has 0 saturated heterocycles. The van der Waals surface area contributed by atoms with Gasteiger partial charge in [-0.15, -0.1) is 0 Å². The third kappa shape index (κ3) is 6.13. The molecular weight excluding hydrogens is 680 g/mol. The molecule has 4 nitrogen and oxygen atoms in total. The van der Waals surface area contributed by atoms with Gasteiger partial charge in [0, 0.05) is 5.56 Å². The molecule has 1 N–H and O–H groups in total. The highest BCUT2D eigenvalue weighted by Crippen LogP contribution is 2.32. The van der Waals surface area contributed by atoms with Gasteiger partial charge in [0.1, 0.15) is 29.8 Å². The van der Waals surface area contributed by atoms with Gasteiger partial charge in [-0.2, -0.15) is 5.26 Å². The molecule has 0 heterocycles. The van der Waals surface area contributed by atoms with Crippen LogP contribution in [0.4, 0.5) is 10.1 Å². The summed E-state index contributed by atoms with van der Waals surface area (Å²) in [6.45, 7) is 0.0834. The largest absolute Gasteiger partial charge is 0.487 e. The van der Waals surface area contributed by atoms with E-state index in [1.807, 2.05) is 6.07 Å². The summed E-state index contributed by atoms with van der Waals surface area (Å²) >= 11 is 16.3. The highest BCUT2D eigenvalue weighted by atomic mass is 127. The Morgan fingerprint density at radius 2 is 1.81 bits per heavy atom. The van der Waals surface area contributed by atoms with Crippen molar-refractivity contribution in [1.82, 2.24) is 0 Å². The Labute approximate surface area is 221 Å².